The summed E-state index contributed by atoms with van der Waals surface area (Å²) in [5, 5.41) is 20.3. The van der Waals surface area contributed by atoms with E-state index in [4.69, 9.17) is 0 Å². The van der Waals surface area contributed by atoms with Gasteiger partial charge in [0.1, 0.15) is 0 Å². The van der Waals surface area contributed by atoms with E-state index in [1.807, 2.05) is 0 Å². The summed E-state index contributed by atoms with van der Waals surface area (Å²) in [6, 6.07) is 0.886. The molecule has 3 rings (SSSR count). The molecule has 2 unspecified atom stereocenters. The molecule has 0 spiro atoms. The van der Waals surface area contributed by atoms with E-state index in [-0.39, 0.29) is 0 Å². The fourth-order valence-corrected chi connectivity index (χ4v) is 1.87. The van der Waals surface area contributed by atoms with E-state index in [1.165, 1.54) is 0 Å². The van der Waals surface area contributed by atoms with Crippen LogP contribution < -0.4 is 0 Å². The number of hydrogen-bond donors (Lipinski definition) is 0. The first-order valence-electron chi connectivity index (χ1n) is 4.21. The molecule has 2 atom stereocenters. The van der Waals surface area contributed by atoms with Crippen molar-refractivity contribution in [2.24, 2.45) is 20.7 Å². The third kappa shape index (κ3) is 0.745. The van der Waals surface area contributed by atoms with Crippen molar-refractivity contribution in [1.29, 1.82) is 0 Å². The Morgan fingerprint density at radius 3 is 1.83 bits per heavy atom. The van der Waals surface area contributed by atoms with Gasteiger partial charge in [0.25, 0.3) is 0 Å². The minimum absolute atomic E-state index is 0.443. The quantitative estimate of drug-likeness (QED) is 0.512. The Morgan fingerprint density at radius 2 is 1.33 bits per heavy atom. The number of piperazine rings is 1. The van der Waals surface area contributed by atoms with E-state index in [2.05, 4.69) is 30.7 Å². The Labute approximate surface area is 69.9 Å². The second-order valence-electron chi connectivity index (χ2n) is 3.38. The normalized spacial score (nSPS) is 37.3. The lowest BCUT2D eigenvalue weighted by atomic mass is 10.1. The molecule has 12 heavy (non-hydrogen) atoms. The van der Waals surface area contributed by atoms with Gasteiger partial charge in [-0.2, -0.15) is 10.2 Å². The van der Waals surface area contributed by atoms with Crippen LogP contribution in [0.15, 0.2) is 20.7 Å². The Hall–Kier alpha value is -1.20. The Morgan fingerprint density at radius 1 is 0.833 bits per heavy atom. The van der Waals surface area contributed by atoms with Gasteiger partial charge in [-0.15, -0.1) is 0 Å². The average Bonchev–Trinajstić information content (AvgIpc) is 2.64. The van der Waals surface area contributed by atoms with Crippen LogP contribution >= 0.6 is 0 Å². The lowest BCUT2D eigenvalue weighted by Crippen LogP contribution is -2.53. The van der Waals surface area contributed by atoms with Crippen molar-refractivity contribution in [2.45, 2.75) is 12.1 Å². The minimum Gasteiger partial charge on any atom is -0.270 e. The molecule has 0 aromatic carbocycles. The van der Waals surface area contributed by atoms with E-state index >= 15 is 0 Å². The summed E-state index contributed by atoms with van der Waals surface area (Å²) < 4.78 is 0. The van der Waals surface area contributed by atoms with Crippen molar-refractivity contribution in [2.75, 3.05) is 26.2 Å². The zero-order valence-corrected chi connectivity index (χ0v) is 6.67. The summed E-state index contributed by atoms with van der Waals surface area (Å²) in [5.41, 5.74) is 0. The SMILES string of the molecule is C1N=NN2CC3CN=NN3CC12. The summed E-state index contributed by atoms with van der Waals surface area (Å²) >= 11 is 0. The lowest BCUT2D eigenvalue weighted by Gasteiger charge is -2.35. The second-order valence-corrected chi connectivity index (χ2v) is 3.38. The third-order valence-electron chi connectivity index (χ3n) is 2.58. The zero-order chi connectivity index (χ0) is 7.97. The smallest absolute Gasteiger partial charge is 0.0894 e. The molecule has 6 heteroatoms. The highest BCUT2D eigenvalue weighted by Gasteiger charge is 2.37. The maximum absolute atomic E-state index is 4.07. The van der Waals surface area contributed by atoms with Gasteiger partial charge < -0.3 is 0 Å². The summed E-state index contributed by atoms with van der Waals surface area (Å²) in [7, 11) is 0. The van der Waals surface area contributed by atoms with Crippen LogP contribution in [0, 0.1) is 0 Å². The maximum Gasteiger partial charge on any atom is 0.0894 e. The van der Waals surface area contributed by atoms with Crippen LogP contribution in [0.1, 0.15) is 0 Å². The van der Waals surface area contributed by atoms with Crippen molar-refractivity contribution in [1.82, 2.24) is 10.0 Å². The molecule has 1 fully saturated rings. The van der Waals surface area contributed by atoms with Crippen LogP contribution in [0.5, 0.6) is 0 Å². The molecule has 64 valence electrons. The molecule has 0 N–H and O–H groups in total. The molecule has 0 saturated carbocycles. The highest BCUT2D eigenvalue weighted by Crippen LogP contribution is 2.23. The molecule has 0 aromatic rings. The van der Waals surface area contributed by atoms with Gasteiger partial charge in [-0.3, -0.25) is 10.0 Å². The summed E-state index contributed by atoms with van der Waals surface area (Å²) in [6.45, 7) is 3.50. The Bertz CT molecular complexity index is 222. The number of nitrogens with zero attached hydrogens (tertiary/aromatic N) is 6. The van der Waals surface area contributed by atoms with Crippen molar-refractivity contribution >= 4 is 0 Å². The minimum atomic E-state index is 0.443. The standard InChI is InChI=1S/C6H10N6/c1-5-3-12-6(2-8-10-12)4-11(5)9-7-1/h5-6H,1-4H2. The van der Waals surface area contributed by atoms with Crippen molar-refractivity contribution in [3.8, 4) is 0 Å². The molecule has 0 amide bonds. The Kier molecular flexibility index (Phi) is 1.13. The van der Waals surface area contributed by atoms with Crippen LogP contribution in [-0.4, -0.2) is 48.3 Å². The monoisotopic (exact) mass is 166 g/mol. The van der Waals surface area contributed by atoms with Crippen LogP contribution in [0.4, 0.5) is 0 Å². The molecule has 0 aromatic heterocycles. The molecule has 3 aliphatic heterocycles. The summed E-state index contributed by atoms with van der Waals surface area (Å²) in [6.07, 6.45) is 0. The first-order valence-corrected chi connectivity index (χ1v) is 4.21. The van der Waals surface area contributed by atoms with E-state index in [0.717, 1.165) is 26.2 Å². The fourth-order valence-electron chi connectivity index (χ4n) is 1.87. The number of fused-ring (bicyclic) bond motifs is 2. The molecule has 0 radical (unpaired) electrons. The third-order valence-corrected chi connectivity index (χ3v) is 2.58. The molecule has 0 bridgehead atoms. The first kappa shape index (κ1) is 6.33. The van der Waals surface area contributed by atoms with Gasteiger partial charge >= 0.3 is 0 Å². The second kappa shape index (κ2) is 2.15. The molecule has 3 heterocycles. The van der Waals surface area contributed by atoms with Gasteiger partial charge in [-0.1, -0.05) is 10.4 Å². The largest absolute Gasteiger partial charge is 0.270 e. The van der Waals surface area contributed by atoms with Gasteiger partial charge in [-0.05, 0) is 0 Å². The van der Waals surface area contributed by atoms with Gasteiger partial charge in [0.15, 0.2) is 0 Å². The highest BCUT2D eigenvalue weighted by molar-refractivity contribution is 4.90. The van der Waals surface area contributed by atoms with Crippen molar-refractivity contribution in [3.05, 3.63) is 0 Å². The van der Waals surface area contributed by atoms with Crippen molar-refractivity contribution < 1.29 is 0 Å². The molecular weight excluding hydrogens is 156 g/mol. The Balaban J connectivity index is 1.80. The van der Waals surface area contributed by atoms with Crippen molar-refractivity contribution in [3.63, 3.8) is 0 Å². The molecular formula is C6H10N6. The van der Waals surface area contributed by atoms with E-state index in [0.29, 0.717) is 12.1 Å². The van der Waals surface area contributed by atoms with Crippen LogP contribution in [0.25, 0.3) is 0 Å². The summed E-state index contributed by atoms with van der Waals surface area (Å²) in [4.78, 5) is 0. The van der Waals surface area contributed by atoms with Gasteiger partial charge in [-0.25, -0.2) is 0 Å². The van der Waals surface area contributed by atoms with Gasteiger partial charge in [0.05, 0.1) is 38.3 Å². The lowest BCUT2D eigenvalue weighted by molar-refractivity contribution is 0.0656. The van der Waals surface area contributed by atoms with E-state index < -0.39 is 0 Å². The predicted octanol–water partition coefficient (Wildman–Crippen LogP) is 0.103. The number of hydrogen-bond acceptors (Lipinski definition) is 6. The molecule has 0 aliphatic carbocycles. The highest BCUT2D eigenvalue weighted by atomic mass is 15.7. The van der Waals surface area contributed by atoms with E-state index in [1.54, 1.807) is 0 Å². The fraction of sp³-hybridized carbons (Fsp3) is 1.00. The van der Waals surface area contributed by atoms with Gasteiger partial charge in [0, 0.05) is 0 Å². The summed E-state index contributed by atoms with van der Waals surface area (Å²) in [5.74, 6) is 0. The van der Waals surface area contributed by atoms with E-state index in [9.17, 15) is 0 Å². The molecule has 6 nitrogen and oxygen atoms in total. The molecule has 1 saturated heterocycles. The zero-order valence-electron chi connectivity index (χ0n) is 6.67. The van der Waals surface area contributed by atoms with Crippen LogP contribution in [0.2, 0.25) is 0 Å². The first-order chi connectivity index (χ1) is 5.93. The van der Waals surface area contributed by atoms with Crippen LogP contribution in [-0.2, 0) is 0 Å². The predicted molar refractivity (Wildman–Crippen MR) is 40.4 cm³/mol. The van der Waals surface area contributed by atoms with Gasteiger partial charge in [0.2, 0.25) is 0 Å². The average molecular weight is 166 g/mol. The number of rotatable bonds is 0. The van der Waals surface area contributed by atoms with Crippen LogP contribution in [0.3, 0.4) is 0 Å². The maximum atomic E-state index is 4.07. The molecule has 3 aliphatic rings. The topological polar surface area (TPSA) is 55.9 Å².